The summed E-state index contributed by atoms with van der Waals surface area (Å²) in [5, 5.41) is 0.155. The zero-order valence-corrected chi connectivity index (χ0v) is 13.2. The second-order valence-electron chi connectivity index (χ2n) is 4.80. The van der Waals surface area contributed by atoms with Gasteiger partial charge in [-0.15, -0.1) is 0 Å². The molecular weight excluding hydrogens is 313 g/mol. The molecule has 0 aliphatic rings. The molecule has 0 N–H and O–H groups in total. The van der Waals surface area contributed by atoms with Gasteiger partial charge in [0.25, 0.3) is 10.0 Å². The number of nitrogens with zero attached hydrogens (tertiary/aromatic N) is 1. The highest BCUT2D eigenvalue weighted by molar-refractivity contribution is 7.92. The van der Waals surface area contributed by atoms with E-state index >= 15 is 0 Å². The fraction of sp³-hybridized carbons (Fsp3) is 0.200. The maximum atomic E-state index is 14.0. The van der Waals surface area contributed by atoms with E-state index in [0.717, 1.165) is 6.07 Å². The maximum absolute atomic E-state index is 14.0. The van der Waals surface area contributed by atoms with Gasteiger partial charge in [0.2, 0.25) is 0 Å². The van der Waals surface area contributed by atoms with Crippen molar-refractivity contribution in [1.29, 1.82) is 0 Å². The van der Waals surface area contributed by atoms with Crippen LogP contribution in [-0.4, -0.2) is 14.5 Å². The molecule has 2 rings (SSSR count). The molecule has 0 atom stereocenters. The molecule has 3 nitrogen and oxygen atoms in total. The predicted octanol–water partition coefficient (Wildman–Crippen LogP) is 4.08. The van der Waals surface area contributed by atoms with Crippen LogP contribution in [0.5, 0.6) is 0 Å². The Labute approximate surface area is 129 Å². The SMILES string of the molecule is CC(C)N(c1ccccc1)S(=O)(=O)c1ccc(Cl)cc1F. The number of halogens is 2. The Bertz CT molecular complexity index is 733. The van der Waals surface area contributed by atoms with Crippen LogP contribution in [0, 0.1) is 5.82 Å². The minimum Gasteiger partial charge on any atom is -0.264 e. The summed E-state index contributed by atoms with van der Waals surface area (Å²) in [4.78, 5) is -0.385. The number of anilines is 1. The number of hydrogen-bond donors (Lipinski definition) is 0. The van der Waals surface area contributed by atoms with Crippen molar-refractivity contribution in [1.82, 2.24) is 0 Å². The highest BCUT2D eigenvalue weighted by atomic mass is 35.5. The van der Waals surface area contributed by atoms with Gasteiger partial charge >= 0.3 is 0 Å². The van der Waals surface area contributed by atoms with Gasteiger partial charge in [0.1, 0.15) is 10.7 Å². The Hall–Kier alpha value is -1.59. The van der Waals surface area contributed by atoms with E-state index in [0.29, 0.717) is 5.69 Å². The minimum atomic E-state index is -4.00. The molecule has 0 spiro atoms. The first-order valence-electron chi connectivity index (χ1n) is 6.38. The van der Waals surface area contributed by atoms with Gasteiger partial charge in [-0.25, -0.2) is 12.8 Å². The number of para-hydroxylation sites is 1. The van der Waals surface area contributed by atoms with Crippen molar-refractivity contribution >= 4 is 27.3 Å². The Morgan fingerprint density at radius 2 is 1.71 bits per heavy atom. The summed E-state index contributed by atoms with van der Waals surface area (Å²) < 4.78 is 40.7. The lowest BCUT2D eigenvalue weighted by Crippen LogP contribution is -2.37. The van der Waals surface area contributed by atoms with Crippen molar-refractivity contribution in [2.75, 3.05) is 4.31 Å². The molecule has 0 amide bonds. The molecule has 0 aromatic heterocycles. The van der Waals surface area contributed by atoms with Crippen LogP contribution >= 0.6 is 11.6 Å². The van der Waals surface area contributed by atoms with Crippen LogP contribution in [0.1, 0.15) is 13.8 Å². The van der Waals surface area contributed by atoms with Crippen LogP contribution in [0.4, 0.5) is 10.1 Å². The second kappa shape index (κ2) is 6.03. The summed E-state index contributed by atoms with van der Waals surface area (Å²) in [6, 6.07) is 11.8. The molecule has 2 aromatic carbocycles. The first-order chi connectivity index (χ1) is 9.84. The smallest absolute Gasteiger partial charge is 0.264 e. The first kappa shape index (κ1) is 15.8. The molecule has 0 saturated heterocycles. The molecule has 0 radical (unpaired) electrons. The molecule has 6 heteroatoms. The molecule has 21 heavy (non-hydrogen) atoms. The lowest BCUT2D eigenvalue weighted by atomic mass is 10.3. The lowest BCUT2D eigenvalue weighted by molar-refractivity contribution is 0.559. The number of benzene rings is 2. The predicted molar refractivity (Wildman–Crippen MR) is 82.7 cm³/mol. The molecule has 0 saturated carbocycles. The van der Waals surface area contributed by atoms with Crippen molar-refractivity contribution in [2.45, 2.75) is 24.8 Å². The highest BCUT2D eigenvalue weighted by Gasteiger charge is 2.29. The fourth-order valence-corrected chi connectivity index (χ4v) is 3.95. The van der Waals surface area contributed by atoms with Crippen molar-refractivity contribution < 1.29 is 12.8 Å². The average Bonchev–Trinajstić information content (AvgIpc) is 2.38. The highest BCUT2D eigenvalue weighted by Crippen LogP contribution is 2.28. The monoisotopic (exact) mass is 327 g/mol. The second-order valence-corrected chi connectivity index (χ2v) is 7.02. The summed E-state index contributed by atoms with van der Waals surface area (Å²) in [5.41, 5.74) is 0.488. The Morgan fingerprint density at radius 3 is 2.24 bits per heavy atom. The van der Waals surface area contributed by atoms with Gasteiger partial charge in [0.15, 0.2) is 0 Å². The summed E-state index contributed by atoms with van der Waals surface area (Å²) in [6.07, 6.45) is 0. The van der Waals surface area contributed by atoms with E-state index in [4.69, 9.17) is 11.6 Å². The van der Waals surface area contributed by atoms with Crippen LogP contribution in [0.25, 0.3) is 0 Å². The van der Waals surface area contributed by atoms with Crippen LogP contribution in [-0.2, 0) is 10.0 Å². The quantitative estimate of drug-likeness (QED) is 0.848. The standard InChI is InChI=1S/C15H15ClFNO2S/c1-11(2)18(13-6-4-3-5-7-13)21(19,20)15-9-8-12(16)10-14(15)17/h3-11H,1-2H3. The Balaban J connectivity index is 2.59. The third kappa shape index (κ3) is 3.19. The summed E-state index contributed by atoms with van der Waals surface area (Å²) in [5.74, 6) is -0.857. The van der Waals surface area contributed by atoms with Crippen molar-refractivity contribution in [2.24, 2.45) is 0 Å². The molecule has 0 bridgehead atoms. The van der Waals surface area contributed by atoms with Crippen molar-refractivity contribution in [3.05, 3.63) is 59.4 Å². The minimum absolute atomic E-state index is 0.155. The summed E-state index contributed by atoms with van der Waals surface area (Å²) in [6.45, 7) is 3.47. The van der Waals surface area contributed by atoms with Gasteiger partial charge in [-0.3, -0.25) is 4.31 Å². The largest absolute Gasteiger partial charge is 0.267 e. The van der Waals surface area contributed by atoms with Gasteiger partial charge in [-0.05, 0) is 44.2 Å². The summed E-state index contributed by atoms with van der Waals surface area (Å²) >= 11 is 5.68. The van der Waals surface area contributed by atoms with Gasteiger partial charge in [0.05, 0.1) is 5.69 Å². The Kier molecular flexibility index (Phi) is 4.54. The molecule has 0 aliphatic heterocycles. The van der Waals surface area contributed by atoms with Gasteiger partial charge in [0, 0.05) is 11.1 Å². The normalized spacial score (nSPS) is 11.7. The maximum Gasteiger partial charge on any atom is 0.267 e. The van der Waals surface area contributed by atoms with E-state index in [1.54, 1.807) is 44.2 Å². The molecule has 0 aliphatic carbocycles. The number of hydrogen-bond acceptors (Lipinski definition) is 2. The third-order valence-electron chi connectivity index (χ3n) is 2.91. The van der Waals surface area contributed by atoms with Gasteiger partial charge < -0.3 is 0 Å². The zero-order chi connectivity index (χ0) is 15.6. The number of rotatable bonds is 4. The van der Waals surface area contributed by atoms with Crippen LogP contribution in [0.15, 0.2) is 53.4 Å². The van der Waals surface area contributed by atoms with Crippen molar-refractivity contribution in [3.63, 3.8) is 0 Å². The fourth-order valence-electron chi connectivity index (χ4n) is 2.08. The average molecular weight is 328 g/mol. The van der Waals surface area contributed by atoms with E-state index in [2.05, 4.69) is 0 Å². The van der Waals surface area contributed by atoms with E-state index in [1.165, 1.54) is 16.4 Å². The van der Waals surface area contributed by atoms with E-state index < -0.39 is 15.8 Å². The lowest BCUT2D eigenvalue weighted by Gasteiger charge is -2.28. The molecule has 0 unspecified atom stereocenters. The molecule has 0 heterocycles. The van der Waals surface area contributed by atoms with E-state index in [1.807, 2.05) is 0 Å². The third-order valence-corrected chi connectivity index (χ3v) is 5.18. The van der Waals surface area contributed by atoms with E-state index in [9.17, 15) is 12.8 Å². The molecular formula is C15H15ClFNO2S. The molecule has 2 aromatic rings. The van der Waals surface area contributed by atoms with Crippen LogP contribution < -0.4 is 4.31 Å². The van der Waals surface area contributed by atoms with Gasteiger partial charge in [-0.2, -0.15) is 0 Å². The van der Waals surface area contributed by atoms with Crippen molar-refractivity contribution in [3.8, 4) is 0 Å². The first-order valence-corrected chi connectivity index (χ1v) is 8.20. The molecule has 112 valence electrons. The summed E-state index contributed by atoms with van der Waals surface area (Å²) in [7, 11) is -4.00. The van der Waals surface area contributed by atoms with E-state index in [-0.39, 0.29) is 16.0 Å². The van der Waals surface area contributed by atoms with Crippen LogP contribution in [0.2, 0.25) is 5.02 Å². The zero-order valence-electron chi connectivity index (χ0n) is 11.6. The topological polar surface area (TPSA) is 37.4 Å². The molecule has 0 fully saturated rings. The van der Waals surface area contributed by atoms with Crippen LogP contribution in [0.3, 0.4) is 0 Å². The Morgan fingerprint density at radius 1 is 1.10 bits per heavy atom. The van der Waals surface area contributed by atoms with Gasteiger partial charge in [-0.1, -0.05) is 29.8 Å². The number of sulfonamides is 1.